The monoisotopic (exact) mass is 141 g/mol. The molecular formula is C10H10B. The van der Waals surface area contributed by atoms with Gasteiger partial charge in [0, 0.05) is 8.41 Å². The van der Waals surface area contributed by atoms with E-state index >= 15 is 0 Å². The molecule has 0 saturated heterocycles. The second-order valence-electron chi connectivity index (χ2n) is 2.07. The van der Waals surface area contributed by atoms with Crippen molar-refractivity contribution in [3.63, 3.8) is 0 Å². The van der Waals surface area contributed by atoms with Gasteiger partial charge in [-0.1, -0.05) is 49.6 Å². The second kappa shape index (κ2) is 4.56. The van der Waals surface area contributed by atoms with Crippen LogP contribution in [-0.2, 0) is 0 Å². The summed E-state index contributed by atoms with van der Waals surface area (Å²) in [7, 11) is 0. The van der Waals surface area contributed by atoms with E-state index in [0.29, 0.717) is 0 Å². The third kappa shape index (κ3) is 2.46. The summed E-state index contributed by atoms with van der Waals surface area (Å²) in [6, 6.07) is 8.07. The molecule has 0 fully saturated rings. The highest BCUT2D eigenvalue weighted by Gasteiger charge is 1.84. The Bertz CT molecular complexity index is 207. The van der Waals surface area contributed by atoms with E-state index in [1.54, 1.807) is 0 Å². The Morgan fingerprint density at radius 3 is 1.27 bits per heavy atom. The molecule has 0 nitrogen and oxygen atoms in total. The molecule has 1 aromatic carbocycles. The Morgan fingerprint density at radius 1 is 0.818 bits per heavy atom. The average Bonchev–Trinajstić information content (AvgIpc) is 2.05. The van der Waals surface area contributed by atoms with Gasteiger partial charge in [-0.05, 0) is 11.1 Å². The fraction of sp³-hybridized carbons (Fsp3) is 0. The van der Waals surface area contributed by atoms with E-state index in [2.05, 4.69) is 13.2 Å². The largest absolute Gasteiger partial charge is 0.0985 e. The summed E-state index contributed by atoms with van der Waals surface area (Å²) in [4.78, 5) is 0. The Kier molecular flexibility index (Phi) is 4.05. The van der Waals surface area contributed by atoms with Gasteiger partial charge in [-0.15, -0.1) is 0 Å². The predicted octanol–water partition coefficient (Wildman–Crippen LogP) is 2.59. The molecule has 1 aromatic rings. The van der Waals surface area contributed by atoms with Gasteiger partial charge in [-0.2, -0.15) is 0 Å². The van der Waals surface area contributed by atoms with Gasteiger partial charge in [-0.25, -0.2) is 0 Å². The predicted molar refractivity (Wildman–Crippen MR) is 52.4 cm³/mol. The molecule has 0 unspecified atom stereocenters. The van der Waals surface area contributed by atoms with E-state index in [1.165, 1.54) is 0 Å². The molecule has 3 radical (unpaired) electrons. The highest BCUT2D eigenvalue weighted by atomic mass is 13.9. The van der Waals surface area contributed by atoms with Crippen molar-refractivity contribution in [1.82, 2.24) is 0 Å². The first kappa shape index (κ1) is 9.76. The van der Waals surface area contributed by atoms with Crippen LogP contribution in [0.5, 0.6) is 0 Å². The van der Waals surface area contributed by atoms with Crippen LogP contribution >= 0.6 is 0 Å². The number of benzene rings is 1. The second-order valence-corrected chi connectivity index (χ2v) is 2.07. The summed E-state index contributed by atoms with van der Waals surface area (Å²) in [5.41, 5.74) is 2.29. The van der Waals surface area contributed by atoms with Crippen LogP contribution in [-0.4, -0.2) is 8.41 Å². The zero-order valence-electron chi connectivity index (χ0n) is 6.46. The molecule has 0 amide bonds. The van der Waals surface area contributed by atoms with E-state index in [1.807, 2.05) is 36.4 Å². The third-order valence-corrected chi connectivity index (χ3v) is 1.41. The fourth-order valence-electron chi connectivity index (χ4n) is 0.768. The summed E-state index contributed by atoms with van der Waals surface area (Å²) in [5.74, 6) is 0. The maximum atomic E-state index is 3.66. The Hall–Kier alpha value is -1.24. The Morgan fingerprint density at radius 2 is 1.09 bits per heavy atom. The van der Waals surface area contributed by atoms with Gasteiger partial charge in [0.2, 0.25) is 0 Å². The van der Waals surface area contributed by atoms with E-state index < -0.39 is 0 Å². The molecule has 0 spiro atoms. The molecule has 0 aromatic heterocycles. The van der Waals surface area contributed by atoms with Crippen LogP contribution in [0.2, 0.25) is 0 Å². The van der Waals surface area contributed by atoms with Crippen molar-refractivity contribution in [2.24, 2.45) is 0 Å². The molecule has 0 atom stereocenters. The lowest BCUT2D eigenvalue weighted by Crippen LogP contribution is -1.71. The van der Waals surface area contributed by atoms with Crippen LogP contribution in [0, 0.1) is 0 Å². The van der Waals surface area contributed by atoms with Crippen LogP contribution in [0.15, 0.2) is 37.4 Å². The zero-order chi connectivity index (χ0) is 7.40. The van der Waals surface area contributed by atoms with Crippen LogP contribution in [0.25, 0.3) is 12.2 Å². The van der Waals surface area contributed by atoms with Crippen molar-refractivity contribution < 1.29 is 0 Å². The third-order valence-electron chi connectivity index (χ3n) is 1.41. The molecule has 0 aliphatic heterocycles. The molecule has 0 bridgehead atoms. The summed E-state index contributed by atoms with van der Waals surface area (Å²) < 4.78 is 0. The quantitative estimate of drug-likeness (QED) is 0.555. The Labute approximate surface area is 69.8 Å². The minimum atomic E-state index is 0. The van der Waals surface area contributed by atoms with Crippen LogP contribution in [0.1, 0.15) is 11.1 Å². The van der Waals surface area contributed by atoms with Gasteiger partial charge in [0.1, 0.15) is 0 Å². The lowest BCUT2D eigenvalue weighted by Gasteiger charge is -1.92. The molecule has 0 aliphatic carbocycles. The molecule has 1 rings (SSSR count). The standard InChI is InChI=1S/C10H10.B/c1-3-9-5-7-10(4-2)8-6-9;/h3-8H,1-2H2;. The van der Waals surface area contributed by atoms with E-state index in [4.69, 9.17) is 0 Å². The maximum Gasteiger partial charge on any atom is 0 e. The molecule has 53 valence electrons. The van der Waals surface area contributed by atoms with Crippen molar-refractivity contribution in [2.75, 3.05) is 0 Å². The highest BCUT2D eigenvalue weighted by molar-refractivity contribution is 5.75. The van der Waals surface area contributed by atoms with E-state index in [0.717, 1.165) is 11.1 Å². The summed E-state index contributed by atoms with van der Waals surface area (Å²) in [6.07, 6.45) is 3.65. The highest BCUT2D eigenvalue weighted by Crippen LogP contribution is 2.05. The fourth-order valence-corrected chi connectivity index (χ4v) is 0.768. The van der Waals surface area contributed by atoms with Gasteiger partial charge >= 0.3 is 0 Å². The molecule has 11 heavy (non-hydrogen) atoms. The number of hydrogen-bond acceptors (Lipinski definition) is 0. The zero-order valence-corrected chi connectivity index (χ0v) is 6.46. The molecule has 1 heteroatoms. The SMILES string of the molecule is C=Cc1ccc(C=C)cc1.[B]. The average molecular weight is 141 g/mol. The van der Waals surface area contributed by atoms with Crippen LogP contribution < -0.4 is 0 Å². The molecule has 0 heterocycles. The number of hydrogen-bond donors (Lipinski definition) is 0. The molecule has 0 aliphatic rings. The summed E-state index contributed by atoms with van der Waals surface area (Å²) in [5, 5.41) is 0. The number of rotatable bonds is 2. The topological polar surface area (TPSA) is 0 Å². The maximum absolute atomic E-state index is 3.66. The van der Waals surface area contributed by atoms with Gasteiger partial charge in [0.25, 0.3) is 0 Å². The van der Waals surface area contributed by atoms with Crippen molar-refractivity contribution in [1.29, 1.82) is 0 Å². The van der Waals surface area contributed by atoms with Crippen LogP contribution in [0.4, 0.5) is 0 Å². The molecular weight excluding hydrogens is 131 g/mol. The minimum absolute atomic E-state index is 0. The first-order chi connectivity index (χ1) is 4.86. The van der Waals surface area contributed by atoms with Crippen molar-refractivity contribution >= 4 is 20.6 Å². The van der Waals surface area contributed by atoms with Crippen molar-refractivity contribution in [3.8, 4) is 0 Å². The van der Waals surface area contributed by atoms with Gasteiger partial charge in [-0.3, -0.25) is 0 Å². The van der Waals surface area contributed by atoms with Crippen molar-refractivity contribution in [3.05, 3.63) is 48.6 Å². The van der Waals surface area contributed by atoms with E-state index in [-0.39, 0.29) is 8.41 Å². The lowest BCUT2D eigenvalue weighted by atomic mass is 10.1. The normalized spacial score (nSPS) is 8.00. The summed E-state index contributed by atoms with van der Waals surface area (Å²) in [6.45, 7) is 7.32. The first-order valence-electron chi connectivity index (χ1n) is 3.22. The van der Waals surface area contributed by atoms with Gasteiger partial charge in [0.15, 0.2) is 0 Å². The molecule has 0 N–H and O–H groups in total. The van der Waals surface area contributed by atoms with E-state index in [9.17, 15) is 0 Å². The Balaban J connectivity index is 0.000001000. The lowest BCUT2D eigenvalue weighted by molar-refractivity contribution is 1.63. The minimum Gasteiger partial charge on any atom is -0.0985 e. The molecule has 0 saturated carbocycles. The summed E-state index contributed by atoms with van der Waals surface area (Å²) >= 11 is 0. The first-order valence-corrected chi connectivity index (χ1v) is 3.22. The smallest absolute Gasteiger partial charge is 0 e. The van der Waals surface area contributed by atoms with Gasteiger partial charge < -0.3 is 0 Å². The van der Waals surface area contributed by atoms with Crippen LogP contribution in [0.3, 0.4) is 0 Å². The van der Waals surface area contributed by atoms with Gasteiger partial charge in [0.05, 0.1) is 0 Å². The van der Waals surface area contributed by atoms with Crippen molar-refractivity contribution in [2.45, 2.75) is 0 Å².